The van der Waals surface area contributed by atoms with Crippen molar-refractivity contribution in [3.05, 3.63) is 29.3 Å². The lowest BCUT2D eigenvalue weighted by Gasteiger charge is -2.19. The van der Waals surface area contributed by atoms with Gasteiger partial charge in [0.05, 0.1) is 13.0 Å². The first kappa shape index (κ1) is 15.8. The number of hydrogen-bond acceptors (Lipinski definition) is 3. The molecule has 0 bridgehead atoms. The van der Waals surface area contributed by atoms with E-state index >= 15 is 0 Å². The van der Waals surface area contributed by atoms with Gasteiger partial charge in [-0.1, -0.05) is 12.5 Å². The number of aliphatic hydroxyl groups excluding tert-OH is 1. The van der Waals surface area contributed by atoms with E-state index in [9.17, 15) is 9.90 Å². The fourth-order valence-electron chi connectivity index (χ4n) is 3.00. The zero-order chi connectivity index (χ0) is 15.2. The average molecular weight is 291 g/mol. The van der Waals surface area contributed by atoms with Crippen LogP contribution in [-0.4, -0.2) is 30.3 Å². The van der Waals surface area contributed by atoms with Crippen molar-refractivity contribution in [2.75, 3.05) is 13.2 Å². The third-order valence-corrected chi connectivity index (χ3v) is 4.03. The summed E-state index contributed by atoms with van der Waals surface area (Å²) in [5.74, 6) is 1.04. The Bertz CT molecular complexity index is 467. The van der Waals surface area contributed by atoms with Gasteiger partial charge in [-0.25, -0.2) is 0 Å². The predicted octanol–water partition coefficient (Wildman–Crippen LogP) is 2.35. The molecule has 1 aliphatic rings. The highest BCUT2D eigenvalue weighted by Crippen LogP contribution is 2.25. The van der Waals surface area contributed by atoms with Crippen LogP contribution in [0.4, 0.5) is 0 Å². The summed E-state index contributed by atoms with van der Waals surface area (Å²) in [6.45, 7) is 4.60. The normalized spacial score (nSPS) is 21.3. The van der Waals surface area contributed by atoms with Crippen LogP contribution in [0.1, 0.15) is 36.8 Å². The van der Waals surface area contributed by atoms with E-state index in [0.29, 0.717) is 13.0 Å². The van der Waals surface area contributed by atoms with Crippen LogP contribution in [0.5, 0.6) is 5.75 Å². The van der Waals surface area contributed by atoms with Gasteiger partial charge in [-0.15, -0.1) is 0 Å². The lowest BCUT2D eigenvalue weighted by Crippen LogP contribution is -2.39. The van der Waals surface area contributed by atoms with Gasteiger partial charge >= 0.3 is 0 Å². The van der Waals surface area contributed by atoms with Gasteiger partial charge in [-0.05, 0) is 49.9 Å². The summed E-state index contributed by atoms with van der Waals surface area (Å²) in [4.78, 5) is 11.9. The van der Waals surface area contributed by atoms with Gasteiger partial charge in [0.25, 0.3) is 0 Å². The van der Waals surface area contributed by atoms with Crippen molar-refractivity contribution in [2.45, 2.75) is 45.6 Å². The summed E-state index contributed by atoms with van der Waals surface area (Å²) in [5.41, 5.74) is 2.32. The summed E-state index contributed by atoms with van der Waals surface area (Å²) in [6.07, 6.45) is 3.40. The van der Waals surface area contributed by atoms with E-state index in [1.54, 1.807) is 0 Å². The van der Waals surface area contributed by atoms with E-state index in [1.807, 2.05) is 26.0 Å². The van der Waals surface area contributed by atoms with Crippen LogP contribution in [0.25, 0.3) is 0 Å². The number of carbonyl (C=O) groups excluding carboxylic acids is 1. The third kappa shape index (κ3) is 4.74. The first-order chi connectivity index (χ1) is 10.1. The van der Waals surface area contributed by atoms with Gasteiger partial charge in [0, 0.05) is 18.6 Å². The molecule has 0 aromatic heterocycles. The number of nitrogens with one attached hydrogen (secondary N) is 1. The molecule has 0 heterocycles. The van der Waals surface area contributed by atoms with E-state index in [4.69, 9.17) is 4.74 Å². The van der Waals surface area contributed by atoms with Gasteiger partial charge in [0.1, 0.15) is 5.75 Å². The van der Waals surface area contributed by atoms with Crippen LogP contribution in [0.2, 0.25) is 0 Å². The Hall–Kier alpha value is -1.55. The second kappa shape index (κ2) is 7.46. The molecule has 0 aliphatic heterocycles. The lowest BCUT2D eigenvalue weighted by molar-refractivity contribution is -0.122. The molecule has 2 rings (SSSR count). The number of amides is 1. The highest BCUT2D eigenvalue weighted by Gasteiger charge is 2.27. The molecule has 2 atom stereocenters. The summed E-state index contributed by atoms with van der Waals surface area (Å²) in [7, 11) is 0. The molecule has 0 saturated heterocycles. The highest BCUT2D eigenvalue weighted by atomic mass is 16.5. The Kier molecular flexibility index (Phi) is 5.62. The maximum absolute atomic E-state index is 11.9. The van der Waals surface area contributed by atoms with Crippen LogP contribution in [0.3, 0.4) is 0 Å². The van der Waals surface area contributed by atoms with Crippen molar-refractivity contribution in [3.63, 3.8) is 0 Å². The molecular weight excluding hydrogens is 266 g/mol. The molecule has 1 fully saturated rings. The van der Waals surface area contributed by atoms with Crippen LogP contribution in [-0.2, 0) is 4.79 Å². The first-order valence-electron chi connectivity index (χ1n) is 7.70. The third-order valence-electron chi connectivity index (χ3n) is 4.03. The molecule has 0 radical (unpaired) electrons. The molecule has 1 aliphatic carbocycles. The van der Waals surface area contributed by atoms with E-state index in [0.717, 1.165) is 36.1 Å². The van der Waals surface area contributed by atoms with Crippen molar-refractivity contribution in [3.8, 4) is 5.75 Å². The Morgan fingerprint density at radius 2 is 2.00 bits per heavy atom. The fourth-order valence-corrected chi connectivity index (χ4v) is 3.00. The zero-order valence-electron chi connectivity index (χ0n) is 12.9. The largest absolute Gasteiger partial charge is 0.493 e. The van der Waals surface area contributed by atoms with Crippen LogP contribution >= 0.6 is 0 Å². The van der Waals surface area contributed by atoms with Crippen LogP contribution in [0, 0.1) is 19.8 Å². The molecule has 21 heavy (non-hydrogen) atoms. The molecule has 4 heteroatoms. The Balaban J connectivity index is 1.74. The highest BCUT2D eigenvalue weighted by molar-refractivity contribution is 5.76. The summed E-state index contributed by atoms with van der Waals surface area (Å²) >= 11 is 0. The number of ether oxygens (including phenoxy) is 1. The van der Waals surface area contributed by atoms with Crippen molar-refractivity contribution >= 4 is 5.91 Å². The summed E-state index contributed by atoms with van der Waals surface area (Å²) in [6, 6.07) is 6.17. The zero-order valence-corrected chi connectivity index (χ0v) is 12.9. The standard InChI is InChI=1S/C17H25NO3/c1-12-8-13(2)10-15(9-12)21-7-6-17(20)18-16-5-3-4-14(16)11-19/h8-10,14,16,19H,3-7,11H2,1-2H3,(H,18,20). The van der Waals surface area contributed by atoms with E-state index < -0.39 is 0 Å². The maximum Gasteiger partial charge on any atom is 0.223 e. The van der Waals surface area contributed by atoms with Gasteiger partial charge < -0.3 is 15.2 Å². The molecule has 1 amide bonds. The molecular formula is C17H25NO3. The molecule has 1 saturated carbocycles. The minimum Gasteiger partial charge on any atom is -0.493 e. The van der Waals surface area contributed by atoms with Crippen molar-refractivity contribution in [1.82, 2.24) is 5.32 Å². The number of rotatable bonds is 6. The van der Waals surface area contributed by atoms with Gasteiger partial charge in [-0.2, -0.15) is 0 Å². The lowest BCUT2D eigenvalue weighted by atomic mass is 10.1. The molecule has 116 valence electrons. The second-order valence-corrected chi connectivity index (χ2v) is 5.97. The smallest absolute Gasteiger partial charge is 0.223 e. The summed E-state index contributed by atoms with van der Waals surface area (Å²) < 4.78 is 5.65. The van der Waals surface area contributed by atoms with Gasteiger partial charge in [0.15, 0.2) is 0 Å². The number of aryl methyl sites for hydroxylation is 2. The van der Waals surface area contributed by atoms with Crippen molar-refractivity contribution in [1.29, 1.82) is 0 Å². The maximum atomic E-state index is 11.9. The predicted molar refractivity (Wildman–Crippen MR) is 82.4 cm³/mol. The van der Waals surface area contributed by atoms with E-state index in [2.05, 4.69) is 11.4 Å². The molecule has 1 aromatic rings. The van der Waals surface area contributed by atoms with Crippen LogP contribution in [0.15, 0.2) is 18.2 Å². The van der Waals surface area contributed by atoms with Gasteiger partial charge in [0.2, 0.25) is 5.91 Å². The molecule has 2 N–H and O–H groups in total. The molecule has 2 unspecified atom stereocenters. The van der Waals surface area contributed by atoms with Crippen molar-refractivity contribution in [2.24, 2.45) is 5.92 Å². The topological polar surface area (TPSA) is 58.6 Å². The van der Waals surface area contributed by atoms with E-state index in [-0.39, 0.29) is 24.5 Å². The molecule has 4 nitrogen and oxygen atoms in total. The fraction of sp³-hybridized carbons (Fsp3) is 0.588. The molecule has 0 spiro atoms. The first-order valence-corrected chi connectivity index (χ1v) is 7.70. The monoisotopic (exact) mass is 291 g/mol. The molecule has 1 aromatic carbocycles. The number of carbonyl (C=O) groups is 1. The second-order valence-electron chi connectivity index (χ2n) is 5.97. The van der Waals surface area contributed by atoms with Crippen molar-refractivity contribution < 1.29 is 14.6 Å². The quantitative estimate of drug-likeness (QED) is 0.846. The van der Waals surface area contributed by atoms with E-state index in [1.165, 1.54) is 0 Å². The number of hydrogen-bond donors (Lipinski definition) is 2. The number of aliphatic hydroxyl groups is 1. The minimum atomic E-state index is 0.00437. The Labute approximate surface area is 126 Å². The average Bonchev–Trinajstić information content (AvgIpc) is 2.84. The summed E-state index contributed by atoms with van der Waals surface area (Å²) in [5, 5.41) is 12.3. The minimum absolute atomic E-state index is 0.00437. The van der Waals surface area contributed by atoms with Crippen LogP contribution < -0.4 is 10.1 Å². The Morgan fingerprint density at radius 3 is 2.67 bits per heavy atom. The Morgan fingerprint density at radius 1 is 1.29 bits per heavy atom. The van der Waals surface area contributed by atoms with Gasteiger partial charge in [-0.3, -0.25) is 4.79 Å². The SMILES string of the molecule is Cc1cc(C)cc(OCCC(=O)NC2CCCC2CO)c1. The number of benzene rings is 1.